The molecule has 25 heavy (non-hydrogen) atoms. The number of aryl methyl sites for hydroxylation is 1. The predicted octanol–water partition coefficient (Wildman–Crippen LogP) is 5.21. The number of rotatable bonds is 2. The van der Waals surface area contributed by atoms with Crippen LogP contribution in [0.15, 0.2) is 90.0 Å². The van der Waals surface area contributed by atoms with Crippen LogP contribution in [0.4, 0.5) is 5.69 Å². The minimum Gasteiger partial charge on any atom is -0.257 e. The molecule has 0 saturated heterocycles. The molecule has 2 atom stereocenters. The van der Waals surface area contributed by atoms with Gasteiger partial charge in [0.2, 0.25) is 0 Å². The Labute approximate surface area is 148 Å². The minimum absolute atomic E-state index is 0.270. The van der Waals surface area contributed by atoms with Crippen LogP contribution in [0.25, 0.3) is 0 Å². The maximum Gasteiger partial charge on any atom is 0.0860 e. The highest BCUT2D eigenvalue weighted by Crippen LogP contribution is 2.45. The monoisotopic (exact) mass is 324 g/mol. The van der Waals surface area contributed by atoms with Crippen LogP contribution < -0.4 is 5.01 Å². The van der Waals surface area contributed by atoms with Gasteiger partial charge in [0, 0.05) is 11.5 Å². The Bertz CT molecular complexity index is 915. The third-order valence-electron chi connectivity index (χ3n) is 5.39. The van der Waals surface area contributed by atoms with Crippen molar-refractivity contribution in [2.75, 3.05) is 5.01 Å². The first-order valence-corrected chi connectivity index (χ1v) is 8.98. The number of hydrogen-bond donors (Lipinski definition) is 0. The van der Waals surface area contributed by atoms with Crippen molar-refractivity contribution < 1.29 is 0 Å². The molecule has 0 aromatic heterocycles. The van der Waals surface area contributed by atoms with E-state index in [-0.39, 0.29) is 6.04 Å². The van der Waals surface area contributed by atoms with E-state index >= 15 is 0 Å². The molecule has 1 aliphatic carbocycles. The van der Waals surface area contributed by atoms with Crippen molar-refractivity contribution in [1.82, 2.24) is 0 Å². The van der Waals surface area contributed by atoms with E-state index in [1.54, 1.807) is 0 Å². The molecule has 0 spiro atoms. The fourth-order valence-electron chi connectivity index (χ4n) is 4.24. The Hall–Kier alpha value is -2.87. The van der Waals surface area contributed by atoms with E-state index in [4.69, 9.17) is 5.10 Å². The summed E-state index contributed by atoms with van der Waals surface area (Å²) in [5.41, 5.74) is 6.52. The maximum atomic E-state index is 5.13. The first-order valence-electron chi connectivity index (χ1n) is 8.98. The second-order valence-corrected chi connectivity index (χ2v) is 6.82. The van der Waals surface area contributed by atoms with Crippen LogP contribution in [0, 0.1) is 5.92 Å². The summed E-state index contributed by atoms with van der Waals surface area (Å²) >= 11 is 0. The van der Waals surface area contributed by atoms with Crippen LogP contribution in [-0.2, 0) is 6.42 Å². The van der Waals surface area contributed by atoms with Gasteiger partial charge in [0.25, 0.3) is 0 Å². The number of nitrogens with zero attached hydrogens (tertiary/aromatic N) is 2. The zero-order valence-corrected chi connectivity index (χ0v) is 14.0. The van der Waals surface area contributed by atoms with E-state index < -0.39 is 0 Å². The van der Waals surface area contributed by atoms with Gasteiger partial charge in [-0.05, 0) is 36.1 Å². The second-order valence-electron chi connectivity index (χ2n) is 6.82. The molecular formula is C23H20N2. The van der Waals surface area contributed by atoms with Gasteiger partial charge >= 0.3 is 0 Å². The Balaban J connectivity index is 1.66. The lowest BCUT2D eigenvalue weighted by molar-refractivity contribution is 0.510. The van der Waals surface area contributed by atoms with E-state index in [1.807, 2.05) is 0 Å². The largest absolute Gasteiger partial charge is 0.257 e. The summed E-state index contributed by atoms with van der Waals surface area (Å²) in [4.78, 5) is 0. The van der Waals surface area contributed by atoms with Gasteiger partial charge in [-0.15, -0.1) is 0 Å². The van der Waals surface area contributed by atoms with Crippen LogP contribution in [0.1, 0.15) is 29.2 Å². The Morgan fingerprint density at radius 2 is 1.44 bits per heavy atom. The lowest BCUT2D eigenvalue weighted by atomic mass is 9.77. The summed E-state index contributed by atoms with van der Waals surface area (Å²) in [5.74, 6) is 0.442. The Kier molecular flexibility index (Phi) is 3.41. The van der Waals surface area contributed by atoms with Gasteiger partial charge in [0.05, 0.1) is 17.4 Å². The van der Waals surface area contributed by atoms with E-state index in [0.29, 0.717) is 5.92 Å². The molecule has 2 heteroatoms. The maximum absolute atomic E-state index is 5.13. The number of benzene rings is 3. The summed E-state index contributed by atoms with van der Waals surface area (Å²) in [7, 11) is 0. The van der Waals surface area contributed by atoms with E-state index in [9.17, 15) is 0 Å². The smallest absolute Gasteiger partial charge is 0.0860 e. The summed E-state index contributed by atoms with van der Waals surface area (Å²) in [6, 6.07) is 30.4. The van der Waals surface area contributed by atoms with Gasteiger partial charge in [0.15, 0.2) is 0 Å². The molecule has 0 N–H and O–H groups in total. The van der Waals surface area contributed by atoms with E-state index in [1.165, 1.54) is 22.4 Å². The molecule has 0 saturated carbocycles. The van der Waals surface area contributed by atoms with Crippen LogP contribution in [0.2, 0.25) is 0 Å². The third kappa shape index (κ3) is 2.37. The van der Waals surface area contributed by atoms with Crippen molar-refractivity contribution in [3.05, 3.63) is 102 Å². The van der Waals surface area contributed by atoms with Crippen LogP contribution in [0.3, 0.4) is 0 Å². The van der Waals surface area contributed by atoms with Gasteiger partial charge in [-0.25, -0.2) is 0 Å². The highest BCUT2D eigenvalue weighted by molar-refractivity contribution is 6.07. The fourth-order valence-corrected chi connectivity index (χ4v) is 4.24. The summed E-state index contributed by atoms with van der Waals surface area (Å²) in [5, 5.41) is 7.36. The molecule has 0 fully saturated rings. The molecule has 3 aromatic rings. The predicted molar refractivity (Wildman–Crippen MR) is 103 cm³/mol. The molecule has 5 rings (SSSR count). The first kappa shape index (κ1) is 14.5. The quantitative estimate of drug-likeness (QED) is 0.631. The van der Waals surface area contributed by atoms with Crippen molar-refractivity contribution in [2.45, 2.75) is 18.9 Å². The van der Waals surface area contributed by atoms with Gasteiger partial charge in [-0.3, -0.25) is 5.01 Å². The molecule has 0 radical (unpaired) electrons. The zero-order chi connectivity index (χ0) is 16.6. The number of anilines is 1. The fraction of sp³-hybridized carbons (Fsp3) is 0.174. The lowest BCUT2D eigenvalue weighted by Crippen LogP contribution is -2.28. The number of hydrogen-bond acceptors (Lipinski definition) is 2. The highest BCUT2D eigenvalue weighted by Gasteiger charge is 2.41. The Morgan fingerprint density at radius 1 is 0.760 bits per heavy atom. The molecule has 0 unspecified atom stereocenters. The summed E-state index contributed by atoms with van der Waals surface area (Å²) in [6.45, 7) is 0. The number of hydrazone groups is 1. The zero-order valence-electron chi connectivity index (χ0n) is 14.0. The number of fused-ring (bicyclic) bond motifs is 3. The van der Waals surface area contributed by atoms with Crippen molar-refractivity contribution in [1.29, 1.82) is 0 Å². The average Bonchev–Trinajstić information content (AvgIpc) is 3.09. The van der Waals surface area contributed by atoms with Gasteiger partial charge in [0.1, 0.15) is 0 Å². The molecule has 122 valence electrons. The van der Waals surface area contributed by atoms with Crippen LogP contribution in [-0.4, -0.2) is 5.71 Å². The molecule has 3 aromatic carbocycles. The molecule has 2 nitrogen and oxygen atoms in total. The summed E-state index contributed by atoms with van der Waals surface area (Å²) < 4.78 is 0. The average molecular weight is 324 g/mol. The molecule has 0 bridgehead atoms. The van der Waals surface area contributed by atoms with Crippen molar-refractivity contribution in [3.8, 4) is 0 Å². The van der Waals surface area contributed by atoms with Crippen molar-refractivity contribution in [3.63, 3.8) is 0 Å². The highest BCUT2D eigenvalue weighted by atomic mass is 15.5. The van der Waals surface area contributed by atoms with Crippen molar-refractivity contribution in [2.24, 2.45) is 11.0 Å². The number of para-hydroxylation sites is 1. The molecule has 2 aliphatic rings. The van der Waals surface area contributed by atoms with Crippen molar-refractivity contribution >= 4 is 11.4 Å². The summed E-state index contributed by atoms with van der Waals surface area (Å²) in [6.07, 6.45) is 2.28. The molecule has 1 heterocycles. The Morgan fingerprint density at radius 3 is 2.24 bits per heavy atom. The van der Waals surface area contributed by atoms with Gasteiger partial charge in [-0.1, -0.05) is 72.8 Å². The van der Waals surface area contributed by atoms with E-state index in [2.05, 4.69) is 89.9 Å². The van der Waals surface area contributed by atoms with Gasteiger partial charge < -0.3 is 0 Å². The molecular weight excluding hydrogens is 304 g/mol. The van der Waals surface area contributed by atoms with Gasteiger partial charge in [-0.2, -0.15) is 5.10 Å². The third-order valence-corrected chi connectivity index (χ3v) is 5.39. The lowest BCUT2D eigenvalue weighted by Gasteiger charge is -2.30. The molecule has 1 aliphatic heterocycles. The second kappa shape index (κ2) is 5.89. The topological polar surface area (TPSA) is 15.6 Å². The first-order chi connectivity index (χ1) is 12.4. The SMILES string of the molecule is c1ccc([C@@H]2[C@H]3CCc4ccccc4C3=NN2c2ccccc2)cc1. The normalized spacial score (nSPS) is 21.4. The van der Waals surface area contributed by atoms with Crippen LogP contribution in [0.5, 0.6) is 0 Å². The molecule has 0 amide bonds. The standard InChI is InChI=1S/C23H20N2/c1-3-10-18(11-4-1)23-21-16-15-17-9-7-8-14-20(17)22(21)24-25(23)19-12-5-2-6-13-19/h1-14,21,23H,15-16H2/t21-,23+/m0/s1. The minimum atomic E-state index is 0.270. The van der Waals surface area contributed by atoms with E-state index in [0.717, 1.165) is 18.5 Å². The van der Waals surface area contributed by atoms with Crippen LogP contribution >= 0.6 is 0 Å².